The first-order chi connectivity index (χ1) is 11.5. The van der Waals surface area contributed by atoms with E-state index in [9.17, 15) is 9.59 Å². The van der Waals surface area contributed by atoms with Gasteiger partial charge < -0.3 is 10.6 Å². The second kappa shape index (κ2) is 6.65. The Morgan fingerprint density at radius 1 is 1.12 bits per heavy atom. The lowest BCUT2D eigenvalue weighted by molar-refractivity contribution is -0.114. The standard InChI is InChI=1S/C19H19ClN2O2/c1-13(23)22-17-7-2-4-14(10-17)18(24)21-12-19(8-9-19)15-5-3-6-16(20)11-15/h2-7,10-11H,8-9,12H2,1H3,(H,21,24)(H,22,23). The Bertz CT molecular complexity index is 784. The molecule has 0 atom stereocenters. The first kappa shape index (κ1) is 16.5. The van der Waals surface area contributed by atoms with E-state index in [4.69, 9.17) is 11.6 Å². The lowest BCUT2D eigenvalue weighted by atomic mass is 9.96. The van der Waals surface area contributed by atoms with E-state index in [1.165, 1.54) is 12.5 Å². The van der Waals surface area contributed by atoms with Crippen molar-refractivity contribution in [2.24, 2.45) is 0 Å². The van der Waals surface area contributed by atoms with Crippen LogP contribution in [0.2, 0.25) is 5.02 Å². The highest BCUT2D eigenvalue weighted by Crippen LogP contribution is 2.48. The van der Waals surface area contributed by atoms with Crippen LogP contribution in [-0.2, 0) is 10.2 Å². The van der Waals surface area contributed by atoms with Crippen LogP contribution >= 0.6 is 11.6 Å². The second-order valence-corrected chi connectivity index (χ2v) is 6.67. The summed E-state index contributed by atoms with van der Waals surface area (Å²) in [7, 11) is 0. The lowest BCUT2D eigenvalue weighted by Gasteiger charge is -2.17. The summed E-state index contributed by atoms with van der Waals surface area (Å²) >= 11 is 6.07. The average molecular weight is 343 g/mol. The fourth-order valence-corrected chi connectivity index (χ4v) is 3.02. The van der Waals surface area contributed by atoms with Crippen LogP contribution in [0.25, 0.3) is 0 Å². The van der Waals surface area contributed by atoms with Gasteiger partial charge in [0, 0.05) is 35.2 Å². The Morgan fingerprint density at radius 3 is 2.54 bits per heavy atom. The summed E-state index contributed by atoms with van der Waals surface area (Å²) in [6, 6.07) is 14.7. The van der Waals surface area contributed by atoms with E-state index in [0.29, 0.717) is 22.8 Å². The third-order valence-corrected chi connectivity index (χ3v) is 4.56. The Hall–Kier alpha value is -2.33. The molecule has 1 saturated carbocycles. The maximum absolute atomic E-state index is 12.4. The molecule has 1 aliphatic rings. The number of benzene rings is 2. The van der Waals surface area contributed by atoms with E-state index < -0.39 is 0 Å². The minimum absolute atomic E-state index is 0.00416. The van der Waals surface area contributed by atoms with Crippen LogP contribution in [0, 0.1) is 0 Å². The van der Waals surface area contributed by atoms with E-state index in [1.807, 2.05) is 18.2 Å². The van der Waals surface area contributed by atoms with Crippen molar-refractivity contribution < 1.29 is 9.59 Å². The van der Waals surface area contributed by atoms with Gasteiger partial charge in [0.1, 0.15) is 0 Å². The quantitative estimate of drug-likeness (QED) is 0.869. The molecule has 2 amide bonds. The highest BCUT2D eigenvalue weighted by molar-refractivity contribution is 6.30. The number of hydrogen-bond donors (Lipinski definition) is 2. The highest BCUT2D eigenvalue weighted by atomic mass is 35.5. The molecule has 3 rings (SSSR count). The molecule has 24 heavy (non-hydrogen) atoms. The topological polar surface area (TPSA) is 58.2 Å². The molecular weight excluding hydrogens is 324 g/mol. The molecule has 0 aromatic heterocycles. The Labute approximate surface area is 146 Å². The summed E-state index contributed by atoms with van der Waals surface area (Å²) in [5.41, 5.74) is 2.31. The second-order valence-electron chi connectivity index (χ2n) is 6.24. The first-order valence-corrected chi connectivity index (χ1v) is 8.28. The van der Waals surface area contributed by atoms with Gasteiger partial charge >= 0.3 is 0 Å². The number of carbonyl (C=O) groups is 2. The van der Waals surface area contributed by atoms with Crippen molar-refractivity contribution in [2.45, 2.75) is 25.2 Å². The van der Waals surface area contributed by atoms with E-state index in [0.717, 1.165) is 12.8 Å². The largest absolute Gasteiger partial charge is 0.351 e. The zero-order valence-electron chi connectivity index (χ0n) is 13.4. The Morgan fingerprint density at radius 2 is 1.88 bits per heavy atom. The maximum Gasteiger partial charge on any atom is 0.251 e. The summed E-state index contributed by atoms with van der Waals surface area (Å²) in [6.45, 7) is 2.02. The molecule has 0 bridgehead atoms. The number of amides is 2. The molecule has 5 heteroatoms. The molecular formula is C19H19ClN2O2. The van der Waals surface area contributed by atoms with Gasteiger partial charge in [-0.3, -0.25) is 9.59 Å². The normalized spacial score (nSPS) is 14.8. The molecule has 2 N–H and O–H groups in total. The molecule has 2 aromatic rings. The number of nitrogens with one attached hydrogen (secondary N) is 2. The number of hydrogen-bond acceptors (Lipinski definition) is 2. The van der Waals surface area contributed by atoms with Gasteiger partial charge in [-0.2, -0.15) is 0 Å². The van der Waals surface area contributed by atoms with Crippen LogP contribution in [0.3, 0.4) is 0 Å². The van der Waals surface area contributed by atoms with Gasteiger partial charge in [-0.25, -0.2) is 0 Å². The molecule has 0 aliphatic heterocycles. The Balaban J connectivity index is 1.66. The fourth-order valence-electron chi connectivity index (χ4n) is 2.83. The van der Waals surface area contributed by atoms with Crippen molar-refractivity contribution in [3.05, 3.63) is 64.7 Å². The van der Waals surface area contributed by atoms with Crippen LogP contribution in [-0.4, -0.2) is 18.4 Å². The predicted octanol–water partition coefficient (Wildman–Crippen LogP) is 3.76. The summed E-state index contributed by atoms with van der Waals surface area (Å²) < 4.78 is 0. The average Bonchev–Trinajstić information content (AvgIpc) is 3.33. The molecule has 0 saturated heterocycles. The molecule has 0 heterocycles. The van der Waals surface area contributed by atoms with Gasteiger partial charge in [0.25, 0.3) is 5.91 Å². The van der Waals surface area contributed by atoms with Crippen molar-refractivity contribution in [3.8, 4) is 0 Å². The van der Waals surface area contributed by atoms with E-state index in [1.54, 1.807) is 24.3 Å². The van der Waals surface area contributed by atoms with E-state index in [-0.39, 0.29) is 17.2 Å². The van der Waals surface area contributed by atoms with Crippen molar-refractivity contribution in [2.75, 3.05) is 11.9 Å². The smallest absolute Gasteiger partial charge is 0.251 e. The molecule has 1 fully saturated rings. The van der Waals surface area contributed by atoms with Crippen LogP contribution in [0.15, 0.2) is 48.5 Å². The molecule has 2 aromatic carbocycles. The van der Waals surface area contributed by atoms with Gasteiger partial charge in [-0.05, 0) is 48.7 Å². The summed E-state index contributed by atoms with van der Waals surface area (Å²) in [4.78, 5) is 23.5. The summed E-state index contributed by atoms with van der Waals surface area (Å²) in [5.74, 6) is -0.305. The van der Waals surface area contributed by atoms with Crippen molar-refractivity contribution in [3.63, 3.8) is 0 Å². The van der Waals surface area contributed by atoms with Crippen LogP contribution in [0.4, 0.5) is 5.69 Å². The van der Waals surface area contributed by atoms with Crippen LogP contribution < -0.4 is 10.6 Å². The van der Waals surface area contributed by atoms with Crippen LogP contribution in [0.1, 0.15) is 35.7 Å². The number of carbonyl (C=O) groups excluding carboxylic acids is 2. The minimum atomic E-state index is -0.162. The fraction of sp³-hybridized carbons (Fsp3) is 0.263. The van der Waals surface area contributed by atoms with Gasteiger partial charge in [0.05, 0.1) is 0 Å². The van der Waals surface area contributed by atoms with Crippen molar-refractivity contribution >= 4 is 29.1 Å². The lowest BCUT2D eigenvalue weighted by Crippen LogP contribution is -2.32. The van der Waals surface area contributed by atoms with E-state index >= 15 is 0 Å². The molecule has 0 unspecified atom stereocenters. The monoisotopic (exact) mass is 342 g/mol. The first-order valence-electron chi connectivity index (χ1n) is 7.90. The molecule has 1 aliphatic carbocycles. The van der Waals surface area contributed by atoms with Crippen molar-refractivity contribution in [1.82, 2.24) is 5.32 Å². The maximum atomic E-state index is 12.4. The number of anilines is 1. The van der Waals surface area contributed by atoms with Gasteiger partial charge in [-0.1, -0.05) is 29.8 Å². The predicted molar refractivity (Wildman–Crippen MR) is 95.4 cm³/mol. The SMILES string of the molecule is CC(=O)Nc1cccc(C(=O)NCC2(c3cccc(Cl)c3)CC2)c1. The summed E-state index contributed by atoms with van der Waals surface area (Å²) in [5, 5.41) is 6.40. The zero-order chi connectivity index (χ0) is 17.2. The highest BCUT2D eigenvalue weighted by Gasteiger charge is 2.44. The van der Waals surface area contributed by atoms with Gasteiger partial charge in [-0.15, -0.1) is 0 Å². The van der Waals surface area contributed by atoms with Gasteiger partial charge in [0.15, 0.2) is 0 Å². The third-order valence-electron chi connectivity index (χ3n) is 4.32. The zero-order valence-corrected chi connectivity index (χ0v) is 14.2. The summed E-state index contributed by atoms with van der Waals surface area (Å²) in [6.07, 6.45) is 2.08. The van der Waals surface area contributed by atoms with Crippen molar-refractivity contribution in [1.29, 1.82) is 0 Å². The number of halogens is 1. The van der Waals surface area contributed by atoms with Gasteiger partial charge in [0.2, 0.25) is 5.91 Å². The molecule has 4 nitrogen and oxygen atoms in total. The Kier molecular flexibility index (Phi) is 4.58. The molecule has 0 radical (unpaired) electrons. The minimum Gasteiger partial charge on any atom is -0.351 e. The third kappa shape index (κ3) is 3.77. The number of rotatable bonds is 5. The van der Waals surface area contributed by atoms with E-state index in [2.05, 4.69) is 16.7 Å². The van der Waals surface area contributed by atoms with Crippen LogP contribution in [0.5, 0.6) is 0 Å². The molecule has 124 valence electrons. The molecule has 0 spiro atoms.